The van der Waals surface area contributed by atoms with Crippen LogP contribution in [0.3, 0.4) is 0 Å². The lowest BCUT2D eigenvalue weighted by Crippen LogP contribution is -2.19. The van der Waals surface area contributed by atoms with Crippen LogP contribution < -0.4 is 5.43 Å². The number of rotatable bonds is 0. The molecular weight excluding hydrogens is 116 g/mol. The first-order chi connectivity index (χ1) is 4.25. The zero-order valence-electron chi connectivity index (χ0n) is 4.97. The van der Waals surface area contributed by atoms with E-state index in [-0.39, 0.29) is 5.84 Å². The summed E-state index contributed by atoms with van der Waals surface area (Å²) in [4.78, 5) is 0. The smallest absolute Gasteiger partial charge is 0.144 e. The van der Waals surface area contributed by atoms with Gasteiger partial charge in [0.05, 0.1) is 11.8 Å². The van der Waals surface area contributed by atoms with Crippen LogP contribution in [0.15, 0.2) is 5.10 Å². The van der Waals surface area contributed by atoms with Crippen molar-refractivity contribution in [1.29, 1.82) is 10.7 Å². The number of nitriles is 1. The maximum atomic E-state index is 8.40. The van der Waals surface area contributed by atoms with E-state index >= 15 is 0 Å². The molecule has 0 spiro atoms. The van der Waals surface area contributed by atoms with Crippen molar-refractivity contribution in [3.63, 3.8) is 0 Å². The average Bonchev–Trinajstić information content (AvgIpc) is 2.12. The third kappa shape index (κ3) is 0.765. The van der Waals surface area contributed by atoms with Gasteiger partial charge in [0.15, 0.2) is 0 Å². The highest BCUT2D eigenvalue weighted by molar-refractivity contribution is 6.10. The standard InChI is InChI=1S/C5H6N4/c1-3-4(2-6)5(7)9-8-3/h4H,1H3,(H2,7,9). The molecule has 0 fully saturated rings. The van der Waals surface area contributed by atoms with Gasteiger partial charge in [-0.3, -0.25) is 10.8 Å². The number of nitrogens with one attached hydrogen (secondary N) is 2. The van der Waals surface area contributed by atoms with Crippen molar-refractivity contribution in [2.45, 2.75) is 6.92 Å². The summed E-state index contributed by atoms with van der Waals surface area (Å²) in [7, 11) is 0. The molecule has 1 unspecified atom stereocenters. The van der Waals surface area contributed by atoms with Gasteiger partial charge < -0.3 is 0 Å². The Morgan fingerprint density at radius 3 is 2.78 bits per heavy atom. The van der Waals surface area contributed by atoms with E-state index < -0.39 is 5.92 Å². The molecule has 46 valence electrons. The van der Waals surface area contributed by atoms with Crippen LogP contribution in [0, 0.1) is 22.7 Å². The fraction of sp³-hybridized carbons (Fsp3) is 0.400. The van der Waals surface area contributed by atoms with Gasteiger partial charge in [-0.25, -0.2) is 0 Å². The minimum absolute atomic E-state index is 0.176. The summed E-state index contributed by atoms with van der Waals surface area (Å²) < 4.78 is 0. The van der Waals surface area contributed by atoms with Gasteiger partial charge in [-0.05, 0) is 6.92 Å². The molecule has 1 aliphatic heterocycles. The normalized spacial score (nSPS) is 24.7. The quantitative estimate of drug-likeness (QED) is 0.477. The van der Waals surface area contributed by atoms with Gasteiger partial charge in [-0.2, -0.15) is 10.4 Å². The summed E-state index contributed by atoms with van der Waals surface area (Å²) in [6, 6.07) is 1.95. The average molecular weight is 122 g/mol. The fourth-order valence-electron chi connectivity index (χ4n) is 0.644. The summed E-state index contributed by atoms with van der Waals surface area (Å²) in [6.45, 7) is 1.72. The zero-order chi connectivity index (χ0) is 6.85. The molecule has 2 N–H and O–H groups in total. The highest BCUT2D eigenvalue weighted by Gasteiger charge is 2.22. The third-order valence-electron chi connectivity index (χ3n) is 1.19. The molecule has 0 aromatic heterocycles. The molecule has 0 saturated carbocycles. The Balaban J connectivity index is 2.83. The monoisotopic (exact) mass is 122 g/mol. The summed E-state index contributed by atoms with van der Waals surface area (Å²) in [5.74, 6) is -0.264. The molecule has 1 rings (SSSR count). The van der Waals surface area contributed by atoms with Gasteiger partial charge in [-0.15, -0.1) is 0 Å². The van der Waals surface area contributed by atoms with E-state index in [1.54, 1.807) is 6.92 Å². The first-order valence-corrected chi connectivity index (χ1v) is 2.54. The second-order valence-electron chi connectivity index (χ2n) is 1.84. The Kier molecular flexibility index (Phi) is 1.19. The number of amidine groups is 1. The molecule has 0 aromatic rings. The first kappa shape index (κ1) is 5.76. The van der Waals surface area contributed by atoms with E-state index in [0.717, 1.165) is 0 Å². The fourth-order valence-corrected chi connectivity index (χ4v) is 0.644. The van der Waals surface area contributed by atoms with Crippen molar-refractivity contribution >= 4 is 11.5 Å². The molecule has 9 heavy (non-hydrogen) atoms. The molecule has 1 heterocycles. The largest absolute Gasteiger partial charge is 0.286 e. The molecule has 4 nitrogen and oxygen atoms in total. The number of hydrazone groups is 1. The van der Waals surface area contributed by atoms with Crippen LogP contribution in [0.25, 0.3) is 0 Å². The van der Waals surface area contributed by atoms with Crippen LogP contribution in [-0.2, 0) is 0 Å². The Bertz CT molecular complexity index is 209. The van der Waals surface area contributed by atoms with Crippen molar-refractivity contribution < 1.29 is 0 Å². The molecule has 0 radical (unpaired) electrons. The van der Waals surface area contributed by atoms with Gasteiger partial charge in [0.2, 0.25) is 0 Å². The van der Waals surface area contributed by atoms with Crippen LogP contribution in [0.5, 0.6) is 0 Å². The van der Waals surface area contributed by atoms with Crippen LogP contribution in [0.2, 0.25) is 0 Å². The van der Waals surface area contributed by atoms with Crippen LogP contribution >= 0.6 is 0 Å². The molecule has 0 aromatic carbocycles. The van der Waals surface area contributed by atoms with Gasteiger partial charge in [0.25, 0.3) is 0 Å². The SMILES string of the molecule is CC1=NNC(=N)C1C#N. The van der Waals surface area contributed by atoms with E-state index in [1.165, 1.54) is 0 Å². The van der Waals surface area contributed by atoms with E-state index in [4.69, 9.17) is 10.7 Å². The van der Waals surface area contributed by atoms with Gasteiger partial charge in [0, 0.05) is 0 Å². The molecule has 1 atom stereocenters. The predicted octanol–water partition coefficient (Wildman–Crippen LogP) is 0.0826. The van der Waals surface area contributed by atoms with Crippen molar-refractivity contribution in [2.75, 3.05) is 0 Å². The maximum absolute atomic E-state index is 8.40. The Morgan fingerprint density at radius 2 is 2.56 bits per heavy atom. The number of hydrogen-bond acceptors (Lipinski definition) is 3. The van der Waals surface area contributed by atoms with E-state index in [9.17, 15) is 0 Å². The summed E-state index contributed by atoms with van der Waals surface area (Å²) in [6.07, 6.45) is 0. The molecule has 0 saturated heterocycles. The van der Waals surface area contributed by atoms with Gasteiger partial charge in [0.1, 0.15) is 11.8 Å². The highest BCUT2D eigenvalue weighted by Crippen LogP contribution is 2.03. The highest BCUT2D eigenvalue weighted by atomic mass is 15.3. The lowest BCUT2D eigenvalue weighted by Gasteiger charge is -1.94. The van der Waals surface area contributed by atoms with E-state index in [2.05, 4.69) is 10.5 Å². The van der Waals surface area contributed by atoms with Gasteiger partial charge in [-0.1, -0.05) is 0 Å². The maximum Gasteiger partial charge on any atom is 0.144 e. The van der Waals surface area contributed by atoms with Crippen LogP contribution in [0.4, 0.5) is 0 Å². The van der Waals surface area contributed by atoms with Crippen molar-refractivity contribution in [3.05, 3.63) is 0 Å². The Morgan fingerprint density at radius 1 is 1.89 bits per heavy atom. The van der Waals surface area contributed by atoms with Crippen molar-refractivity contribution in [2.24, 2.45) is 11.0 Å². The third-order valence-corrected chi connectivity index (χ3v) is 1.19. The molecular formula is C5H6N4. The second-order valence-corrected chi connectivity index (χ2v) is 1.84. The first-order valence-electron chi connectivity index (χ1n) is 2.54. The lowest BCUT2D eigenvalue weighted by atomic mass is 10.1. The molecule has 4 heteroatoms. The van der Waals surface area contributed by atoms with Crippen molar-refractivity contribution in [3.8, 4) is 6.07 Å². The summed E-state index contributed by atoms with van der Waals surface area (Å²) in [5.41, 5.74) is 3.09. The summed E-state index contributed by atoms with van der Waals surface area (Å²) in [5, 5.41) is 19.2. The Hall–Kier alpha value is -1.37. The molecule has 0 bridgehead atoms. The molecule has 0 aliphatic carbocycles. The van der Waals surface area contributed by atoms with E-state index in [1.807, 2.05) is 6.07 Å². The number of hydrogen-bond donors (Lipinski definition) is 2. The van der Waals surface area contributed by atoms with Crippen molar-refractivity contribution in [1.82, 2.24) is 5.43 Å². The van der Waals surface area contributed by atoms with E-state index in [0.29, 0.717) is 5.71 Å². The Labute approximate surface area is 52.7 Å². The second kappa shape index (κ2) is 1.86. The van der Waals surface area contributed by atoms with Crippen LogP contribution in [-0.4, -0.2) is 11.5 Å². The molecule has 0 amide bonds. The predicted molar refractivity (Wildman–Crippen MR) is 33.1 cm³/mol. The topological polar surface area (TPSA) is 72.0 Å². The summed E-state index contributed by atoms with van der Waals surface area (Å²) >= 11 is 0. The minimum Gasteiger partial charge on any atom is -0.286 e. The zero-order valence-corrected chi connectivity index (χ0v) is 4.97. The van der Waals surface area contributed by atoms with Crippen LogP contribution in [0.1, 0.15) is 6.92 Å². The lowest BCUT2D eigenvalue weighted by molar-refractivity contribution is 1.02. The minimum atomic E-state index is -0.440. The number of nitrogens with zero attached hydrogens (tertiary/aromatic N) is 2. The van der Waals surface area contributed by atoms with Gasteiger partial charge >= 0.3 is 0 Å². The molecule has 1 aliphatic rings.